The first-order valence-electron chi connectivity index (χ1n) is 2.17. The molecule has 0 aliphatic heterocycles. The van der Waals surface area contributed by atoms with Crippen molar-refractivity contribution in [1.29, 1.82) is 0 Å². The van der Waals surface area contributed by atoms with E-state index in [-0.39, 0.29) is 0 Å². The Morgan fingerprint density at radius 2 is 0.750 bits per heavy atom. The van der Waals surface area contributed by atoms with Crippen LogP contribution in [-0.2, 0) is 0 Å². The van der Waals surface area contributed by atoms with Crippen LogP contribution < -0.4 is 0 Å². The molecule has 0 N–H and O–H groups in total. The molecule has 0 aliphatic carbocycles. The SMILES string of the molecule is SCl.c1ccccc1. The van der Waals surface area contributed by atoms with Crippen LogP contribution in [0.15, 0.2) is 36.4 Å². The van der Waals surface area contributed by atoms with Crippen LogP contribution in [0.25, 0.3) is 0 Å². The predicted octanol–water partition coefficient (Wildman–Crippen LogP) is 2.76. The topological polar surface area (TPSA) is 0 Å². The van der Waals surface area contributed by atoms with Crippen molar-refractivity contribution in [2.75, 3.05) is 0 Å². The summed E-state index contributed by atoms with van der Waals surface area (Å²) in [4.78, 5) is 0. The summed E-state index contributed by atoms with van der Waals surface area (Å²) in [5.41, 5.74) is 0. The van der Waals surface area contributed by atoms with Gasteiger partial charge < -0.3 is 0 Å². The van der Waals surface area contributed by atoms with E-state index in [4.69, 9.17) is 0 Å². The molecule has 1 aromatic rings. The number of halogens is 1. The van der Waals surface area contributed by atoms with Crippen molar-refractivity contribution >= 4 is 22.5 Å². The predicted molar refractivity (Wildman–Crippen MR) is 41.3 cm³/mol. The molecule has 8 heavy (non-hydrogen) atoms. The molecule has 0 heterocycles. The molecule has 0 nitrogen and oxygen atoms in total. The summed E-state index contributed by atoms with van der Waals surface area (Å²) < 4.78 is 0. The molecule has 44 valence electrons. The maximum Gasteiger partial charge on any atom is -0.0479 e. The van der Waals surface area contributed by atoms with Crippen LogP contribution in [0.4, 0.5) is 0 Å². The van der Waals surface area contributed by atoms with Crippen molar-refractivity contribution in [2.45, 2.75) is 0 Å². The highest BCUT2D eigenvalue weighted by Crippen LogP contribution is 1.79. The molecule has 0 aromatic heterocycles. The average molecular weight is 147 g/mol. The van der Waals surface area contributed by atoms with E-state index in [1.165, 1.54) is 0 Å². The summed E-state index contributed by atoms with van der Waals surface area (Å²) in [5.74, 6) is 0. The summed E-state index contributed by atoms with van der Waals surface area (Å²) in [6.07, 6.45) is 0. The van der Waals surface area contributed by atoms with E-state index in [9.17, 15) is 0 Å². The van der Waals surface area contributed by atoms with Gasteiger partial charge in [0, 0.05) is 0 Å². The molecular weight excluding hydrogens is 140 g/mol. The lowest BCUT2D eigenvalue weighted by Gasteiger charge is -1.69. The van der Waals surface area contributed by atoms with E-state index in [0.29, 0.717) is 0 Å². The second-order valence-corrected chi connectivity index (χ2v) is 1.15. The third-order valence-corrected chi connectivity index (χ3v) is 0.667. The normalized spacial score (nSPS) is 6.75. The zero-order valence-corrected chi connectivity index (χ0v) is 5.94. The van der Waals surface area contributed by atoms with Gasteiger partial charge in [-0.3, -0.25) is 0 Å². The van der Waals surface area contributed by atoms with Crippen molar-refractivity contribution in [1.82, 2.24) is 0 Å². The minimum atomic E-state index is 2.00. The molecule has 0 spiro atoms. The highest BCUT2D eigenvalue weighted by molar-refractivity contribution is 8.05. The van der Waals surface area contributed by atoms with Gasteiger partial charge in [0.15, 0.2) is 0 Å². The Balaban J connectivity index is 0.000000222. The van der Waals surface area contributed by atoms with E-state index >= 15 is 0 Å². The number of hydrogen-bond acceptors (Lipinski definition) is 1. The molecule has 0 aliphatic rings. The smallest absolute Gasteiger partial charge is 0.0479 e. The lowest BCUT2D eigenvalue weighted by atomic mass is 10.4. The molecule has 1 aromatic carbocycles. The van der Waals surface area contributed by atoms with Gasteiger partial charge in [-0.2, -0.15) is 0 Å². The van der Waals surface area contributed by atoms with E-state index in [1.54, 1.807) is 0 Å². The lowest BCUT2D eigenvalue weighted by molar-refractivity contribution is 1.72. The van der Waals surface area contributed by atoms with E-state index in [2.05, 4.69) is 22.5 Å². The summed E-state index contributed by atoms with van der Waals surface area (Å²) >= 11 is 3.00. The molecule has 1 rings (SSSR count). The Morgan fingerprint density at radius 1 is 0.625 bits per heavy atom. The van der Waals surface area contributed by atoms with Crippen LogP contribution >= 0.6 is 22.5 Å². The zero-order valence-electron chi connectivity index (χ0n) is 4.29. The molecule has 0 fully saturated rings. The second kappa shape index (κ2) is 6.86. The minimum Gasteiger partial charge on any atom is -0.0728 e. The van der Waals surface area contributed by atoms with Gasteiger partial charge in [0.25, 0.3) is 0 Å². The second-order valence-electron chi connectivity index (χ2n) is 1.15. The van der Waals surface area contributed by atoms with Gasteiger partial charge in [-0.15, -0.1) is 0 Å². The van der Waals surface area contributed by atoms with Gasteiger partial charge in [0.2, 0.25) is 0 Å². The molecule has 0 radical (unpaired) electrons. The van der Waals surface area contributed by atoms with Crippen LogP contribution in [0.1, 0.15) is 0 Å². The molecule has 0 saturated heterocycles. The summed E-state index contributed by atoms with van der Waals surface area (Å²) in [6.45, 7) is 0. The molecule has 0 unspecified atom stereocenters. The van der Waals surface area contributed by atoms with Gasteiger partial charge in [0.1, 0.15) is 0 Å². The summed E-state index contributed by atoms with van der Waals surface area (Å²) in [5, 5.41) is 0. The first-order valence-corrected chi connectivity index (χ1v) is 3.52. The van der Waals surface area contributed by atoms with Gasteiger partial charge in [-0.1, -0.05) is 48.2 Å². The quantitative estimate of drug-likeness (QED) is 0.535. The Hall–Kier alpha value is -0.140. The fourth-order valence-electron chi connectivity index (χ4n) is 0.385. The Morgan fingerprint density at radius 3 is 0.875 bits per heavy atom. The van der Waals surface area contributed by atoms with Crippen LogP contribution in [-0.4, -0.2) is 0 Å². The highest BCUT2D eigenvalue weighted by Gasteiger charge is 1.57. The van der Waals surface area contributed by atoms with Gasteiger partial charge in [0.05, 0.1) is 0 Å². The molecule has 2 heteroatoms. The average Bonchev–Trinajstić information content (AvgIpc) is 1.96. The van der Waals surface area contributed by atoms with E-state index in [0.717, 1.165) is 0 Å². The van der Waals surface area contributed by atoms with E-state index in [1.807, 2.05) is 36.4 Å². The fourth-order valence-corrected chi connectivity index (χ4v) is 0.385. The highest BCUT2D eigenvalue weighted by atomic mass is 35.7. The fraction of sp³-hybridized carbons (Fsp3) is 0. The van der Waals surface area contributed by atoms with Crippen LogP contribution in [0.3, 0.4) is 0 Å². The molecule has 0 amide bonds. The third-order valence-electron chi connectivity index (χ3n) is 0.667. The maximum atomic E-state index is 4.33. The van der Waals surface area contributed by atoms with Crippen LogP contribution in [0, 0.1) is 0 Å². The van der Waals surface area contributed by atoms with Gasteiger partial charge in [-0.05, 0) is 10.7 Å². The van der Waals surface area contributed by atoms with Crippen LogP contribution in [0.5, 0.6) is 0 Å². The summed E-state index contributed by atoms with van der Waals surface area (Å²) in [6, 6.07) is 12.0. The standard InChI is InChI=1S/C6H6.ClHS/c1-2-4-6-5-3-1;1-2/h1-6H;2H. The van der Waals surface area contributed by atoms with Gasteiger partial charge in [-0.25, -0.2) is 0 Å². The van der Waals surface area contributed by atoms with E-state index < -0.39 is 0 Å². The zero-order chi connectivity index (χ0) is 6.24. The van der Waals surface area contributed by atoms with Crippen molar-refractivity contribution in [3.05, 3.63) is 36.4 Å². The molecule has 0 bridgehead atoms. The van der Waals surface area contributed by atoms with Crippen LogP contribution in [0.2, 0.25) is 0 Å². The van der Waals surface area contributed by atoms with Gasteiger partial charge >= 0.3 is 0 Å². The first-order chi connectivity index (χ1) is 4.00. The molecular formula is C6H7ClS. The van der Waals surface area contributed by atoms with Crippen molar-refractivity contribution in [3.63, 3.8) is 0 Å². The molecule has 0 atom stereocenters. The Labute approximate surface area is 59.4 Å². The monoisotopic (exact) mass is 146 g/mol. The Kier molecular flexibility index (Phi) is 6.74. The number of thiol groups is 1. The largest absolute Gasteiger partial charge is 0.0728 e. The lowest BCUT2D eigenvalue weighted by Crippen LogP contribution is -1.47. The maximum absolute atomic E-state index is 4.33. The molecule has 0 saturated carbocycles. The Bertz CT molecular complexity index is 80.5. The number of rotatable bonds is 0. The van der Waals surface area contributed by atoms with Crippen molar-refractivity contribution in [3.8, 4) is 0 Å². The third kappa shape index (κ3) is 4.03. The summed E-state index contributed by atoms with van der Waals surface area (Å²) in [7, 11) is 4.33. The first kappa shape index (κ1) is 7.86. The number of hydrogen-bond donors (Lipinski definition) is 1. The van der Waals surface area contributed by atoms with Crippen molar-refractivity contribution in [2.24, 2.45) is 0 Å². The minimum absolute atomic E-state index is 2.00. The van der Waals surface area contributed by atoms with Crippen molar-refractivity contribution < 1.29 is 0 Å². The number of benzene rings is 1.